The third-order valence-electron chi connectivity index (χ3n) is 4.68. The number of methoxy groups -OCH3 is 2. The lowest BCUT2D eigenvalue weighted by Crippen LogP contribution is -2.28. The molecule has 1 saturated heterocycles. The quantitative estimate of drug-likeness (QED) is 0.570. The Morgan fingerprint density at radius 2 is 1.97 bits per heavy atom. The first-order valence-electron chi connectivity index (χ1n) is 9.26. The molecule has 1 fully saturated rings. The lowest BCUT2D eigenvalue weighted by molar-refractivity contribution is -0.151. The highest BCUT2D eigenvalue weighted by atomic mass is 79.9. The number of ether oxygens (including phenoxy) is 3. The Hall–Kier alpha value is -2.78. The average molecular weight is 512 g/mol. The first-order valence-corrected chi connectivity index (χ1v) is 10.4. The molecule has 2 aromatic rings. The molecule has 1 atom stereocenters. The number of hydrogen-bond acceptors (Lipinski definition) is 6. The Morgan fingerprint density at radius 1 is 1.19 bits per heavy atom. The van der Waals surface area contributed by atoms with Crippen LogP contribution in [0.25, 0.3) is 0 Å². The monoisotopic (exact) mass is 510 g/mol. The zero-order chi connectivity index (χ0) is 22.5. The van der Waals surface area contributed by atoms with Crippen molar-refractivity contribution in [1.82, 2.24) is 0 Å². The maximum Gasteiger partial charge on any atom is 0.311 e. The Labute approximate surface area is 192 Å². The van der Waals surface area contributed by atoms with Gasteiger partial charge in [0.15, 0.2) is 6.61 Å². The van der Waals surface area contributed by atoms with Crippen LogP contribution in [0.15, 0.2) is 40.9 Å². The number of carbonyl (C=O) groups is 3. The van der Waals surface area contributed by atoms with E-state index < -0.39 is 24.4 Å². The normalized spacial score (nSPS) is 15.5. The highest BCUT2D eigenvalue weighted by molar-refractivity contribution is 9.10. The molecule has 164 valence electrons. The lowest BCUT2D eigenvalue weighted by atomic mass is 10.1. The van der Waals surface area contributed by atoms with Crippen LogP contribution < -0.4 is 19.7 Å². The van der Waals surface area contributed by atoms with Gasteiger partial charge in [0.05, 0.1) is 30.8 Å². The minimum atomic E-state index is -0.686. The largest absolute Gasteiger partial charge is 0.497 e. The summed E-state index contributed by atoms with van der Waals surface area (Å²) in [6, 6.07) is 9.98. The summed E-state index contributed by atoms with van der Waals surface area (Å²) in [6.45, 7) is -0.340. The number of benzene rings is 2. The van der Waals surface area contributed by atoms with E-state index in [1.54, 1.807) is 36.4 Å². The molecule has 0 aromatic heterocycles. The van der Waals surface area contributed by atoms with Gasteiger partial charge in [-0.25, -0.2) is 0 Å². The van der Waals surface area contributed by atoms with Crippen molar-refractivity contribution < 1.29 is 28.6 Å². The van der Waals surface area contributed by atoms with Gasteiger partial charge in [0, 0.05) is 29.2 Å². The van der Waals surface area contributed by atoms with E-state index in [4.69, 9.17) is 25.8 Å². The smallest absolute Gasteiger partial charge is 0.311 e. The van der Waals surface area contributed by atoms with Gasteiger partial charge in [-0.1, -0.05) is 11.6 Å². The van der Waals surface area contributed by atoms with E-state index in [-0.39, 0.29) is 18.9 Å². The van der Waals surface area contributed by atoms with Crippen LogP contribution in [0.4, 0.5) is 11.4 Å². The van der Waals surface area contributed by atoms with Crippen molar-refractivity contribution in [2.75, 3.05) is 37.6 Å². The van der Waals surface area contributed by atoms with E-state index >= 15 is 0 Å². The predicted molar refractivity (Wildman–Crippen MR) is 119 cm³/mol. The van der Waals surface area contributed by atoms with Gasteiger partial charge >= 0.3 is 5.97 Å². The van der Waals surface area contributed by atoms with Crippen LogP contribution in [0.5, 0.6) is 11.5 Å². The fourth-order valence-electron chi connectivity index (χ4n) is 3.13. The second-order valence-corrected chi connectivity index (χ2v) is 7.99. The Kier molecular flexibility index (Phi) is 7.40. The standard InChI is InChI=1S/C21H20BrClN2O6/c1-29-14-4-6-17(18(9-14)30-2)25-10-12(7-20(25)27)21(28)31-11-19(26)24-13-3-5-15(22)16(23)8-13/h3-6,8-9,12H,7,10-11H2,1-2H3,(H,24,26)/t12-/m1/s1. The van der Waals surface area contributed by atoms with Crippen molar-refractivity contribution in [3.8, 4) is 11.5 Å². The second-order valence-electron chi connectivity index (χ2n) is 6.73. The fraction of sp³-hybridized carbons (Fsp3) is 0.286. The van der Waals surface area contributed by atoms with Crippen molar-refractivity contribution in [3.63, 3.8) is 0 Å². The van der Waals surface area contributed by atoms with Gasteiger partial charge < -0.3 is 24.4 Å². The van der Waals surface area contributed by atoms with Crippen LogP contribution >= 0.6 is 27.5 Å². The predicted octanol–water partition coefficient (Wildman–Crippen LogP) is 3.65. The van der Waals surface area contributed by atoms with Crippen molar-refractivity contribution in [2.24, 2.45) is 5.92 Å². The molecule has 0 saturated carbocycles. The molecule has 0 spiro atoms. The highest BCUT2D eigenvalue weighted by Crippen LogP contribution is 2.36. The summed E-state index contributed by atoms with van der Waals surface area (Å²) < 4.78 is 16.3. The maximum atomic E-state index is 12.5. The van der Waals surface area contributed by atoms with Gasteiger partial charge in [-0.05, 0) is 46.3 Å². The highest BCUT2D eigenvalue weighted by Gasteiger charge is 2.37. The number of anilines is 2. The third kappa shape index (κ3) is 5.48. The van der Waals surface area contributed by atoms with Crippen molar-refractivity contribution >= 4 is 56.7 Å². The van der Waals surface area contributed by atoms with Crippen LogP contribution in [-0.2, 0) is 19.1 Å². The Balaban J connectivity index is 1.58. The zero-order valence-corrected chi connectivity index (χ0v) is 19.2. The van der Waals surface area contributed by atoms with E-state index in [1.165, 1.54) is 19.1 Å². The van der Waals surface area contributed by atoms with E-state index in [0.29, 0.717) is 32.4 Å². The second kappa shape index (κ2) is 10.0. The molecule has 2 aromatic carbocycles. The van der Waals surface area contributed by atoms with Crippen LogP contribution in [0.3, 0.4) is 0 Å². The minimum Gasteiger partial charge on any atom is -0.497 e. The zero-order valence-electron chi connectivity index (χ0n) is 16.8. The molecular weight excluding hydrogens is 492 g/mol. The molecule has 3 rings (SSSR count). The number of halogens is 2. The first-order chi connectivity index (χ1) is 14.8. The van der Waals surface area contributed by atoms with Gasteiger partial charge in [-0.2, -0.15) is 0 Å². The SMILES string of the molecule is COc1ccc(N2C[C@H](C(=O)OCC(=O)Nc3ccc(Br)c(Cl)c3)CC2=O)c(OC)c1. The summed E-state index contributed by atoms with van der Waals surface area (Å²) in [7, 11) is 3.02. The molecule has 1 aliphatic rings. The topological polar surface area (TPSA) is 94.2 Å². The molecule has 0 bridgehead atoms. The number of nitrogens with zero attached hydrogens (tertiary/aromatic N) is 1. The Morgan fingerprint density at radius 3 is 2.65 bits per heavy atom. The molecule has 31 heavy (non-hydrogen) atoms. The van der Waals surface area contributed by atoms with Crippen LogP contribution in [0, 0.1) is 5.92 Å². The number of hydrogen-bond donors (Lipinski definition) is 1. The van der Waals surface area contributed by atoms with Gasteiger partial charge in [0.2, 0.25) is 5.91 Å². The van der Waals surface area contributed by atoms with Crippen molar-refractivity contribution in [3.05, 3.63) is 45.9 Å². The average Bonchev–Trinajstić information content (AvgIpc) is 3.15. The van der Waals surface area contributed by atoms with Crippen LogP contribution in [0.2, 0.25) is 5.02 Å². The summed E-state index contributed by atoms with van der Waals surface area (Å²) in [4.78, 5) is 38.4. The van der Waals surface area contributed by atoms with Gasteiger partial charge in [0.25, 0.3) is 5.91 Å². The maximum absolute atomic E-state index is 12.5. The lowest BCUT2D eigenvalue weighted by Gasteiger charge is -2.20. The molecular formula is C21H20BrClN2O6. The van der Waals surface area contributed by atoms with E-state index in [1.807, 2.05) is 0 Å². The molecule has 1 aliphatic heterocycles. The van der Waals surface area contributed by atoms with Crippen LogP contribution in [0.1, 0.15) is 6.42 Å². The number of carbonyl (C=O) groups excluding carboxylic acids is 3. The number of rotatable bonds is 7. The molecule has 2 amide bonds. The third-order valence-corrected chi connectivity index (χ3v) is 5.92. The summed E-state index contributed by atoms with van der Waals surface area (Å²) >= 11 is 9.26. The Bertz CT molecular complexity index is 1020. The van der Waals surface area contributed by atoms with E-state index in [2.05, 4.69) is 21.2 Å². The molecule has 1 heterocycles. The molecule has 8 nitrogen and oxygen atoms in total. The first kappa shape index (κ1) is 22.9. The summed E-state index contributed by atoms with van der Waals surface area (Å²) in [5, 5.41) is 3.04. The molecule has 1 N–H and O–H groups in total. The molecule has 10 heteroatoms. The molecule has 0 unspecified atom stereocenters. The van der Waals surface area contributed by atoms with Gasteiger partial charge in [-0.3, -0.25) is 14.4 Å². The van der Waals surface area contributed by atoms with Crippen molar-refractivity contribution in [1.29, 1.82) is 0 Å². The molecule has 0 radical (unpaired) electrons. The summed E-state index contributed by atoms with van der Waals surface area (Å²) in [5.74, 6) is -1.01. The summed E-state index contributed by atoms with van der Waals surface area (Å²) in [6.07, 6.45) is -0.0159. The molecule has 0 aliphatic carbocycles. The van der Waals surface area contributed by atoms with Gasteiger partial charge in [0.1, 0.15) is 11.5 Å². The minimum absolute atomic E-state index is 0.0159. The number of esters is 1. The van der Waals surface area contributed by atoms with E-state index in [9.17, 15) is 14.4 Å². The van der Waals surface area contributed by atoms with Gasteiger partial charge in [-0.15, -0.1) is 0 Å². The van der Waals surface area contributed by atoms with Crippen LogP contribution in [-0.4, -0.2) is 45.2 Å². The van der Waals surface area contributed by atoms with Crippen molar-refractivity contribution in [2.45, 2.75) is 6.42 Å². The van der Waals surface area contributed by atoms with E-state index in [0.717, 1.165) is 0 Å². The fourth-order valence-corrected chi connectivity index (χ4v) is 3.56. The number of amides is 2. The summed E-state index contributed by atoms with van der Waals surface area (Å²) in [5.41, 5.74) is 1.01. The number of nitrogens with one attached hydrogen (secondary N) is 1.